The molecule has 3 rings (SSSR count). The minimum Gasteiger partial charge on any atom is -0.300 e. The van der Waals surface area contributed by atoms with Crippen molar-refractivity contribution in [1.82, 2.24) is 0 Å². The quantitative estimate of drug-likeness (QED) is 0.519. The van der Waals surface area contributed by atoms with Gasteiger partial charge in [0.25, 0.3) is 0 Å². The number of allylic oxidation sites excluding steroid dienone is 2. The Bertz CT molecular complexity index is 287. The molecule has 0 amide bonds. The minimum absolute atomic E-state index is 0.520. The van der Waals surface area contributed by atoms with Gasteiger partial charge in [0.2, 0.25) is 0 Å². The molecule has 3 aliphatic rings. The van der Waals surface area contributed by atoms with Crippen LogP contribution in [0.15, 0.2) is 11.1 Å². The van der Waals surface area contributed by atoms with Crippen molar-refractivity contribution in [3.05, 3.63) is 11.1 Å². The van der Waals surface area contributed by atoms with Crippen molar-refractivity contribution in [2.24, 2.45) is 11.8 Å². The van der Waals surface area contributed by atoms with Crippen LogP contribution in [-0.4, -0.2) is 5.78 Å². The molecule has 0 spiro atoms. The molecule has 3 aliphatic carbocycles. The van der Waals surface area contributed by atoms with Crippen molar-refractivity contribution >= 4 is 5.78 Å². The lowest BCUT2D eigenvalue weighted by Gasteiger charge is -2.17. The van der Waals surface area contributed by atoms with E-state index in [2.05, 4.69) is 0 Å². The molecule has 1 nitrogen and oxygen atoms in total. The van der Waals surface area contributed by atoms with Crippen molar-refractivity contribution in [1.29, 1.82) is 0 Å². The van der Waals surface area contributed by atoms with Crippen molar-refractivity contribution in [3.63, 3.8) is 0 Å². The Kier molecular flexibility index (Phi) is 1.61. The van der Waals surface area contributed by atoms with Gasteiger partial charge in [0.15, 0.2) is 0 Å². The number of carbonyl (C=O) groups excluding carboxylic acids is 1. The van der Waals surface area contributed by atoms with Crippen LogP contribution in [0.5, 0.6) is 0 Å². The van der Waals surface area contributed by atoms with E-state index in [9.17, 15) is 4.79 Å². The number of carbonyl (C=O) groups is 1. The molecular formula is C12H16O. The first kappa shape index (κ1) is 7.78. The lowest BCUT2D eigenvalue weighted by Crippen LogP contribution is -2.04. The number of ketones is 1. The fraction of sp³-hybridized carbons (Fsp3) is 0.750. The smallest absolute Gasteiger partial charge is 0.133 e. The SMILES string of the molecule is O=C1CC2CC3=C(CCCC3)C2C1. The fourth-order valence-corrected chi connectivity index (χ4v) is 3.54. The maximum Gasteiger partial charge on any atom is 0.133 e. The maximum atomic E-state index is 11.3. The van der Waals surface area contributed by atoms with Crippen molar-refractivity contribution < 1.29 is 4.79 Å². The van der Waals surface area contributed by atoms with Crippen LogP contribution in [0.2, 0.25) is 0 Å². The first-order valence-electron chi connectivity index (χ1n) is 5.57. The van der Waals surface area contributed by atoms with Crippen LogP contribution >= 0.6 is 0 Å². The number of fused-ring (bicyclic) bond motifs is 2. The van der Waals surface area contributed by atoms with E-state index in [0.29, 0.717) is 11.7 Å². The van der Waals surface area contributed by atoms with Crippen molar-refractivity contribution in [2.75, 3.05) is 0 Å². The summed E-state index contributed by atoms with van der Waals surface area (Å²) in [6.07, 6.45) is 8.45. The Morgan fingerprint density at radius 2 is 1.85 bits per heavy atom. The van der Waals surface area contributed by atoms with E-state index < -0.39 is 0 Å². The second kappa shape index (κ2) is 2.70. The second-order valence-corrected chi connectivity index (χ2v) is 4.85. The molecule has 70 valence electrons. The maximum absolute atomic E-state index is 11.3. The molecule has 1 heteroatoms. The zero-order chi connectivity index (χ0) is 8.84. The molecule has 0 aromatic carbocycles. The molecule has 1 fully saturated rings. The molecule has 0 heterocycles. The summed E-state index contributed by atoms with van der Waals surface area (Å²) < 4.78 is 0. The van der Waals surface area contributed by atoms with Crippen molar-refractivity contribution in [2.45, 2.75) is 44.9 Å². The molecule has 0 aromatic rings. The highest BCUT2D eigenvalue weighted by Gasteiger charge is 2.41. The van der Waals surface area contributed by atoms with Gasteiger partial charge in [0.1, 0.15) is 5.78 Å². The average Bonchev–Trinajstić information content (AvgIpc) is 2.60. The molecule has 0 bridgehead atoms. The molecule has 1 saturated carbocycles. The van der Waals surface area contributed by atoms with E-state index >= 15 is 0 Å². The summed E-state index contributed by atoms with van der Waals surface area (Å²) >= 11 is 0. The predicted octanol–water partition coefficient (Wildman–Crippen LogP) is 2.86. The average molecular weight is 176 g/mol. The van der Waals surface area contributed by atoms with Crippen LogP contribution in [0.1, 0.15) is 44.9 Å². The Hall–Kier alpha value is -0.590. The summed E-state index contributed by atoms with van der Waals surface area (Å²) in [6.45, 7) is 0. The highest BCUT2D eigenvalue weighted by atomic mass is 16.1. The van der Waals surface area contributed by atoms with E-state index in [1.807, 2.05) is 0 Å². The highest BCUT2D eigenvalue weighted by Crippen LogP contribution is 2.50. The normalized spacial score (nSPS) is 38.0. The van der Waals surface area contributed by atoms with E-state index in [-0.39, 0.29) is 0 Å². The molecule has 0 N–H and O–H groups in total. The predicted molar refractivity (Wildman–Crippen MR) is 51.3 cm³/mol. The van der Waals surface area contributed by atoms with E-state index in [0.717, 1.165) is 18.8 Å². The van der Waals surface area contributed by atoms with Crippen LogP contribution in [0.25, 0.3) is 0 Å². The third kappa shape index (κ3) is 1.09. The molecule has 0 saturated heterocycles. The van der Waals surface area contributed by atoms with Gasteiger partial charge < -0.3 is 0 Å². The van der Waals surface area contributed by atoms with Crippen molar-refractivity contribution in [3.8, 4) is 0 Å². The van der Waals surface area contributed by atoms with Gasteiger partial charge in [-0.15, -0.1) is 0 Å². The standard InChI is InChI=1S/C12H16O/c13-10-6-9-5-8-3-1-2-4-11(8)12(9)7-10/h9,12H,1-7H2. The van der Waals surface area contributed by atoms with Crippen LogP contribution < -0.4 is 0 Å². The van der Waals surface area contributed by atoms with E-state index in [4.69, 9.17) is 0 Å². The van der Waals surface area contributed by atoms with E-state index in [1.54, 1.807) is 11.1 Å². The third-order valence-corrected chi connectivity index (χ3v) is 4.09. The first-order valence-corrected chi connectivity index (χ1v) is 5.57. The second-order valence-electron chi connectivity index (χ2n) is 4.85. The van der Waals surface area contributed by atoms with Gasteiger partial charge in [-0.05, 0) is 43.9 Å². The van der Waals surface area contributed by atoms with E-state index in [1.165, 1.54) is 32.1 Å². The Labute approximate surface area is 79.2 Å². The number of Topliss-reactive ketones (excluding diaryl/α,β-unsaturated/α-hetero) is 1. The zero-order valence-electron chi connectivity index (χ0n) is 8.01. The highest BCUT2D eigenvalue weighted by molar-refractivity contribution is 5.82. The van der Waals surface area contributed by atoms with Crippen LogP contribution in [-0.2, 0) is 4.79 Å². The molecule has 13 heavy (non-hydrogen) atoms. The largest absolute Gasteiger partial charge is 0.300 e. The summed E-state index contributed by atoms with van der Waals surface area (Å²) in [5.74, 6) is 1.95. The van der Waals surface area contributed by atoms with Crippen LogP contribution in [0.3, 0.4) is 0 Å². The summed E-state index contributed by atoms with van der Waals surface area (Å²) in [7, 11) is 0. The van der Waals surface area contributed by atoms with Gasteiger partial charge in [-0.2, -0.15) is 0 Å². The molecule has 0 aromatic heterocycles. The first-order chi connectivity index (χ1) is 6.34. The van der Waals surface area contributed by atoms with Crippen LogP contribution in [0, 0.1) is 11.8 Å². The topological polar surface area (TPSA) is 17.1 Å². The van der Waals surface area contributed by atoms with Gasteiger partial charge in [0.05, 0.1) is 0 Å². The summed E-state index contributed by atoms with van der Waals surface area (Å²) in [5.41, 5.74) is 3.45. The van der Waals surface area contributed by atoms with Crippen LogP contribution in [0.4, 0.5) is 0 Å². The molecule has 0 aliphatic heterocycles. The zero-order valence-corrected chi connectivity index (χ0v) is 8.01. The summed E-state index contributed by atoms with van der Waals surface area (Å²) in [6, 6.07) is 0. The van der Waals surface area contributed by atoms with Gasteiger partial charge in [-0.25, -0.2) is 0 Å². The molecular weight excluding hydrogens is 160 g/mol. The van der Waals surface area contributed by atoms with Gasteiger partial charge in [-0.1, -0.05) is 11.1 Å². The van der Waals surface area contributed by atoms with Gasteiger partial charge in [0, 0.05) is 12.8 Å². The molecule has 2 unspecified atom stereocenters. The number of hydrogen-bond acceptors (Lipinski definition) is 1. The molecule has 0 radical (unpaired) electrons. The minimum atomic E-state index is 0.520. The summed E-state index contributed by atoms with van der Waals surface area (Å²) in [5, 5.41) is 0. The third-order valence-electron chi connectivity index (χ3n) is 4.09. The number of rotatable bonds is 0. The summed E-state index contributed by atoms with van der Waals surface area (Å²) in [4.78, 5) is 11.3. The Morgan fingerprint density at radius 3 is 2.77 bits per heavy atom. The Balaban J connectivity index is 1.90. The molecule has 2 atom stereocenters. The Morgan fingerprint density at radius 1 is 1.00 bits per heavy atom. The lowest BCUT2D eigenvalue weighted by molar-refractivity contribution is -0.117. The lowest BCUT2D eigenvalue weighted by atomic mass is 9.88. The monoisotopic (exact) mass is 176 g/mol. The van der Waals surface area contributed by atoms with Gasteiger partial charge in [-0.3, -0.25) is 4.79 Å². The fourth-order valence-electron chi connectivity index (χ4n) is 3.54. The number of hydrogen-bond donors (Lipinski definition) is 0. The van der Waals surface area contributed by atoms with Gasteiger partial charge >= 0.3 is 0 Å².